The van der Waals surface area contributed by atoms with Crippen LogP contribution in [0.3, 0.4) is 0 Å². The van der Waals surface area contributed by atoms with Gasteiger partial charge in [0.05, 0.1) is 12.7 Å². The number of nitrogens with one attached hydrogen (secondary N) is 2. The average Bonchev–Trinajstić information content (AvgIpc) is 3.22. The van der Waals surface area contributed by atoms with Gasteiger partial charge >= 0.3 is 0 Å². The molecule has 0 aliphatic heterocycles. The third-order valence-electron chi connectivity index (χ3n) is 4.85. The van der Waals surface area contributed by atoms with Gasteiger partial charge in [0.15, 0.2) is 5.96 Å². The molecule has 0 aromatic heterocycles. The normalized spacial score (nSPS) is 14.5. The third kappa shape index (κ3) is 10.5. The number of hydrogen-bond acceptors (Lipinski definition) is 4. The van der Waals surface area contributed by atoms with E-state index in [1.807, 2.05) is 6.92 Å². The van der Waals surface area contributed by atoms with Crippen LogP contribution in [0.25, 0.3) is 0 Å². The quantitative estimate of drug-likeness (QED) is 0.189. The lowest BCUT2D eigenvalue weighted by molar-refractivity contribution is 0.0574. The Morgan fingerprint density at radius 3 is 2.66 bits per heavy atom. The summed E-state index contributed by atoms with van der Waals surface area (Å²) in [6.07, 6.45) is 6.55. The maximum absolute atomic E-state index is 5.91. The number of rotatable bonds is 12. The summed E-state index contributed by atoms with van der Waals surface area (Å²) in [6, 6.07) is 6.27. The molecule has 0 heterocycles. The van der Waals surface area contributed by atoms with Crippen molar-refractivity contribution in [3.63, 3.8) is 0 Å². The summed E-state index contributed by atoms with van der Waals surface area (Å²) in [5.41, 5.74) is 2.29. The van der Waals surface area contributed by atoms with Crippen molar-refractivity contribution in [2.45, 2.75) is 58.6 Å². The van der Waals surface area contributed by atoms with Crippen molar-refractivity contribution in [3.05, 3.63) is 29.3 Å². The van der Waals surface area contributed by atoms with Gasteiger partial charge in [0.25, 0.3) is 0 Å². The van der Waals surface area contributed by atoms with E-state index in [4.69, 9.17) is 14.2 Å². The predicted molar refractivity (Wildman–Crippen MR) is 130 cm³/mol. The highest BCUT2D eigenvalue weighted by Crippen LogP contribution is 2.21. The molecule has 6 nitrogen and oxygen atoms in total. The summed E-state index contributed by atoms with van der Waals surface area (Å²) in [5, 5.41) is 6.72. The summed E-state index contributed by atoms with van der Waals surface area (Å²) in [7, 11) is 1.79. The highest BCUT2D eigenvalue weighted by molar-refractivity contribution is 14.0. The van der Waals surface area contributed by atoms with Crippen LogP contribution in [0.15, 0.2) is 23.2 Å². The van der Waals surface area contributed by atoms with Crippen molar-refractivity contribution in [2.24, 2.45) is 4.99 Å². The Morgan fingerprint density at radius 1 is 1.14 bits per heavy atom. The zero-order valence-electron chi connectivity index (χ0n) is 18.2. The van der Waals surface area contributed by atoms with Gasteiger partial charge in [-0.05, 0) is 44.7 Å². The summed E-state index contributed by atoms with van der Waals surface area (Å²) in [6.45, 7) is 8.23. The molecule has 1 fully saturated rings. The molecule has 1 aliphatic rings. The first kappa shape index (κ1) is 26.0. The smallest absolute Gasteiger partial charge is 0.191 e. The topological polar surface area (TPSA) is 64.1 Å². The van der Waals surface area contributed by atoms with E-state index >= 15 is 0 Å². The predicted octanol–water partition coefficient (Wildman–Crippen LogP) is 4.04. The molecule has 2 rings (SSSR count). The number of guanidine groups is 1. The van der Waals surface area contributed by atoms with E-state index in [0.29, 0.717) is 32.5 Å². The Hall–Kier alpha value is -1.06. The molecule has 0 radical (unpaired) electrons. The van der Waals surface area contributed by atoms with Crippen LogP contribution >= 0.6 is 24.0 Å². The van der Waals surface area contributed by atoms with Gasteiger partial charge in [0, 0.05) is 38.9 Å². The molecule has 1 aromatic carbocycles. The molecule has 2 N–H and O–H groups in total. The zero-order chi connectivity index (χ0) is 20.0. The van der Waals surface area contributed by atoms with Gasteiger partial charge in [-0.15, -0.1) is 24.0 Å². The first-order chi connectivity index (χ1) is 13.7. The van der Waals surface area contributed by atoms with Crippen molar-refractivity contribution in [1.82, 2.24) is 10.6 Å². The van der Waals surface area contributed by atoms with Crippen LogP contribution in [0.4, 0.5) is 0 Å². The van der Waals surface area contributed by atoms with E-state index in [0.717, 1.165) is 36.8 Å². The van der Waals surface area contributed by atoms with Crippen LogP contribution in [0.2, 0.25) is 0 Å². The SMILES string of the molecule is CCOCCOc1cc(C)ccc1CNC(=NC)NCCCOC1CCCC1.I. The van der Waals surface area contributed by atoms with E-state index in [-0.39, 0.29) is 24.0 Å². The third-order valence-corrected chi connectivity index (χ3v) is 4.85. The van der Waals surface area contributed by atoms with Gasteiger partial charge in [0.2, 0.25) is 0 Å². The molecule has 166 valence electrons. The molecule has 1 aromatic rings. The van der Waals surface area contributed by atoms with Gasteiger partial charge in [0.1, 0.15) is 12.4 Å². The van der Waals surface area contributed by atoms with Crippen molar-refractivity contribution < 1.29 is 14.2 Å². The fourth-order valence-corrected chi connectivity index (χ4v) is 3.28. The molecule has 29 heavy (non-hydrogen) atoms. The minimum Gasteiger partial charge on any atom is -0.491 e. The van der Waals surface area contributed by atoms with Crippen LogP contribution < -0.4 is 15.4 Å². The van der Waals surface area contributed by atoms with E-state index < -0.39 is 0 Å². The monoisotopic (exact) mass is 519 g/mol. The van der Waals surface area contributed by atoms with Gasteiger partial charge in [-0.3, -0.25) is 4.99 Å². The number of nitrogens with zero attached hydrogens (tertiary/aromatic N) is 1. The minimum absolute atomic E-state index is 0. The molecule has 7 heteroatoms. The van der Waals surface area contributed by atoms with Crippen molar-refractivity contribution in [3.8, 4) is 5.75 Å². The Balaban J connectivity index is 0.00000420. The first-order valence-electron chi connectivity index (χ1n) is 10.6. The number of hydrogen-bond donors (Lipinski definition) is 2. The van der Waals surface area contributed by atoms with E-state index in [2.05, 4.69) is 40.7 Å². The minimum atomic E-state index is 0. The standard InChI is InChI=1S/C22H37N3O3.HI/c1-4-26-14-15-28-21-16-18(2)10-11-19(21)17-25-22(23-3)24-12-7-13-27-20-8-5-6-9-20;/h10-11,16,20H,4-9,12-15,17H2,1-3H3,(H2,23,24,25);1H. The molecule has 1 saturated carbocycles. The summed E-state index contributed by atoms with van der Waals surface area (Å²) in [4.78, 5) is 4.30. The van der Waals surface area contributed by atoms with E-state index in [9.17, 15) is 0 Å². The zero-order valence-corrected chi connectivity index (χ0v) is 20.5. The summed E-state index contributed by atoms with van der Waals surface area (Å²) >= 11 is 0. The van der Waals surface area contributed by atoms with Gasteiger partial charge < -0.3 is 24.8 Å². The molecule has 0 unspecified atom stereocenters. The molecule has 0 spiro atoms. The molecular formula is C22H38IN3O3. The van der Waals surface area contributed by atoms with E-state index in [1.165, 1.54) is 31.2 Å². The maximum atomic E-state index is 5.91. The Morgan fingerprint density at radius 2 is 1.93 bits per heavy atom. The fourth-order valence-electron chi connectivity index (χ4n) is 3.28. The van der Waals surface area contributed by atoms with Gasteiger partial charge in [-0.2, -0.15) is 0 Å². The number of aliphatic imine (C=N–C) groups is 1. The molecule has 1 aliphatic carbocycles. The van der Waals surface area contributed by atoms with Gasteiger partial charge in [-0.1, -0.05) is 25.0 Å². The number of aryl methyl sites for hydroxylation is 1. The average molecular weight is 519 g/mol. The Bertz CT molecular complexity index is 593. The second kappa shape index (κ2) is 15.7. The second-order valence-corrected chi connectivity index (χ2v) is 7.14. The lowest BCUT2D eigenvalue weighted by Gasteiger charge is -2.16. The van der Waals surface area contributed by atoms with Gasteiger partial charge in [-0.25, -0.2) is 0 Å². The fraction of sp³-hybridized carbons (Fsp3) is 0.682. The Labute approximate surface area is 193 Å². The first-order valence-corrected chi connectivity index (χ1v) is 10.6. The van der Waals surface area contributed by atoms with Crippen LogP contribution in [-0.4, -0.2) is 52.1 Å². The number of benzene rings is 1. The van der Waals surface area contributed by atoms with Crippen LogP contribution in [0.1, 0.15) is 50.2 Å². The molecular weight excluding hydrogens is 481 g/mol. The van der Waals surface area contributed by atoms with Crippen LogP contribution in [-0.2, 0) is 16.0 Å². The number of halogens is 1. The molecule has 0 amide bonds. The molecule has 0 bridgehead atoms. The lowest BCUT2D eigenvalue weighted by atomic mass is 10.1. The van der Waals surface area contributed by atoms with Crippen molar-refractivity contribution >= 4 is 29.9 Å². The lowest BCUT2D eigenvalue weighted by Crippen LogP contribution is -2.37. The summed E-state index contributed by atoms with van der Waals surface area (Å²) < 4.78 is 17.2. The van der Waals surface area contributed by atoms with Crippen LogP contribution in [0, 0.1) is 6.92 Å². The van der Waals surface area contributed by atoms with Crippen molar-refractivity contribution in [1.29, 1.82) is 0 Å². The second-order valence-electron chi connectivity index (χ2n) is 7.14. The Kier molecular flexibility index (Phi) is 14.1. The summed E-state index contributed by atoms with van der Waals surface area (Å²) in [5.74, 6) is 1.69. The van der Waals surface area contributed by atoms with Crippen molar-refractivity contribution in [2.75, 3.05) is 40.0 Å². The largest absolute Gasteiger partial charge is 0.491 e. The number of ether oxygens (including phenoxy) is 3. The molecule has 0 atom stereocenters. The van der Waals surface area contributed by atoms with E-state index in [1.54, 1.807) is 7.05 Å². The molecule has 0 saturated heterocycles. The highest BCUT2D eigenvalue weighted by atomic mass is 127. The maximum Gasteiger partial charge on any atom is 0.191 e. The van der Waals surface area contributed by atoms with Crippen LogP contribution in [0.5, 0.6) is 5.75 Å². The highest BCUT2D eigenvalue weighted by Gasteiger charge is 2.14.